The second kappa shape index (κ2) is 10.7. The lowest BCUT2D eigenvalue weighted by Gasteiger charge is -2.32. The van der Waals surface area contributed by atoms with E-state index in [1.807, 2.05) is 36.1 Å². The van der Waals surface area contributed by atoms with Crippen LogP contribution in [0.2, 0.25) is 0 Å². The van der Waals surface area contributed by atoms with Crippen LogP contribution in [0, 0.1) is 0 Å². The van der Waals surface area contributed by atoms with Gasteiger partial charge in [0.15, 0.2) is 11.0 Å². The summed E-state index contributed by atoms with van der Waals surface area (Å²) in [7, 11) is 1.66. The van der Waals surface area contributed by atoms with Gasteiger partial charge in [0.1, 0.15) is 5.75 Å². The Hall–Kier alpha value is -2.02. The molecule has 0 fully saturated rings. The van der Waals surface area contributed by atoms with Crippen molar-refractivity contribution in [3.63, 3.8) is 0 Å². The summed E-state index contributed by atoms with van der Waals surface area (Å²) >= 11 is 1.49. The van der Waals surface area contributed by atoms with Crippen molar-refractivity contribution in [3.05, 3.63) is 24.3 Å². The van der Waals surface area contributed by atoms with Crippen molar-refractivity contribution < 1.29 is 9.53 Å². The summed E-state index contributed by atoms with van der Waals surface area (Å²) in [6.07, 6.45) is 2.11. The summed E-state index contributed by atoms with van der Waals surface area (Å²) in [5.41, 5.74) is 0.992. The monoisotopic (exact) mass is 418 g/mol. The molecule has 1 unspecified atom stereocenters. The molecule has 6 nitrogen and oxygen atoms in total. The highest BCUT2D eigenvalue weighted by Crippen LogP contribution is 2.29. The van der Waals surface area contributed by atoms with Crippen LogP contribution in [0.25, 0.3) is 11.4 Å². The van der Waals surface area contributed by atoms with Gasteiger partial charge >= 0.3 is 0 Å². The van der Waals surface area contributed by atoms with E-state index < -0.39 is 0 Å². The van der Waals surface area contributed by atoms with Crippen LogP contribution in [0.3, 0.4) is 0 Å². The zero-order chi connectivity index (χ0) is 21.6. The number of hydrogen-bond acceptors (Lipinski definition) is 5. The summed E-state index contributed by atoms with van der Waals surface area (Å²) in [5, 5.41) is 9.44. The molecule has 1 atom stereocenters. The topological polar surface area (TPSA) is 60.2 Å². The molecule has 1 amide bonds. The molecule has 0 radical (unpaired) electrons. The Labute approximate surface area is 179 Å². The maximum atomic E-state index is 13.0. The van der Waals surface area contributed by atoms with Crippen molar-refractivity contribution in [2.75, 3.05) is 7.11 Å². The van der Waals surface area contributed by atoms with Crippen LogP contribution in [0.4, 0.5) is 0 Å². The first-order valence-electron chi connectivity index (χ1n) is 10.4. The molecule has 1 aromatic carbocycles. The number of methoxy groups -OCH3 is 1. The van der Waals surface area contributed by atoms with Crippen molar-refractivity contribution in [1.29, 1.82) is 0 Å². The largest absolute Gasteiger partial charge is 0.497 e. The number of thioether (sulfide) groups is 1. The first-order chi connectivity index (χ1) is 13.8. The Kier molecular flexibility index (Phi) is 8.56. The van der Waals surface area contributed by atoms with Crippen LogP contribution in [0.15, 0.2) is 29.4 Å². The first kappa shape index (κ1) is 23.3. The summed E-state index contributed by atoms with van der Waals surface area (Å²) in [4.78, 5) is 15.0. The first-order valence-corrected chi connectivity index (χ1v) is 11.2. The molecule has 1 aromatic heterocycles. The predicted octanol–water partition coefficient (Wildman–Crippen LogP) is 4.88. The minimum absolute atomic E-state index is 0.135. The second-order valence-corrected chi connectivity index (χ2v) is 9.04. The molecule has 2 aromatic rings. The highest BCUT2D eigenvalue weighted by atomic mass is 32.2. The van der Waals surface area contributed by atoms with E-state index in [0.717, 1.165) is 41.7 Å². The summed E-state index contributed by atoms with van der Waals surface area (Å²) < 4.78 is 7.39. The van der Waals surface area contributed by atoms with Crippen LogP contribution in [0.5, 0.6) is 5.75 Å². The number of carbonyl (C=O) groups excluding carboxylic acids is 1. The Morgan fingerprint density at radius 1 is 1.10 bits per heavy atom. The van der Waals surface area contributed by atoms with Crippen LogP contribution in [-0.4, -0.2) is 50.0 Å². The fourth-order valence-electron chi connectivity index (χ4n) is 3.37. The average molecular weight is 419 g/mol. The molecule has 0 bridgehead atoms. The van der Waals surface area contributed by atoms with E-state index in [2.05, 4.69) is 49.4 Å². The molecule has 2 rings (SSSR count). The van der Waals surface area contributed by atoms with Crippen LogP contribution >= 0.6 is 11.8 Å². The van der Waals surface area contributed by atoms with Gasteiger partial charge in [0.25, 0.3) is 0 Å². The van der Waals surface area contributed by atoms with E-state index in [1.54, 1.807) is 7.11 Å². The molecule has 0 saturated heterocycles. The minimum Gasteiger partial charge on any atom is -0.497 e. The van der Waals surface area contributed by atoms with Gasteiger partial charge < -0.3 is 14.2 Å². The molecule has 0 aliphatic rings. The molecule has 0 aliphatic carbocycles. The molecule has 0 spiro atoms. The van der Waals surface area contributed by atoms with Gasteiger partial charge in [-0.25, -0.2) is 0 Å². The maximum absolute atomic E-state index is 13.0. The number of ether oxygens (including phenoxy) is 1. The SMILES string of the molecule is CCCCn1c(SC(C)C(=O)N(C(C)C)C(C)C)nnc1-c1ccc(OC)cc1. The molecule has 7 heteroatoms. The normalized spacial score (nSPS) is 12.4. The highest BCUT2D eigenvalue weighted by molar-refractivity contribution is 8.00. The fourth-order valence-corrected chi connectivity index (χ4v) is 4.30. The summed E-state index contributed by atoms with van der Waals surface area (Å²) in [6.45, 7) is 13.2. The van der Waals surface area contributed by atoms with Gasteiger partial charge in [-0.05, 0) is 65.3 Å². The smallest absolute Gasteiger partial charge is 0.236 e. The molecule has 160 valence electrons. The zero-order valence-corrected chi connectivity index (χ0v) is 19.5. The minimum atomic E-state index is -0.229. The number of hydrogen-bond donors (Lipinski definition) is 0. The van der Waals surface area contributed by atoms with Gasteiger partial charge in [-0.2, -0.15) is 0 Å². The molecule has 0 N–H and O–H groups in total. The second-order valence-electron chi connectivity index (χ2n) is 7.73. The number of unbranched alkanes of at least 4 members (excludes halogenated alkanes) is 1. The Morgan fingerprint density at radius 3 is 2.24 bits per heavy atom. The van der Waals surface area contributed by atoms with Crippen molar-refractivity contribution in [2.24, 2.45) is 0 Å². The van der Waals surface area contributed by atoms with Crippen molar-refractivity contribution in [3.8, 4) is 17.1 Å². The van der Waals surface area contributed by atoms with Gasteiger partial charge in [-0.3, -0.25) is 4.79 Å². The molecular weight excluding hydrogens is 384 g/mol. The van der Waals surface area contributed by atoms with Crippen molar-refractivity contribution in [2.45, 2.75) is 83.4 Å². The predicted molar refractivity (Wildman–Crippen MR) is 119 cm³/mol. The average Bonchev–Trinajstić information content (AvgIpc) is 3.08. The van der Waals surface area contributed by atoms with Gasteiger partial charge in [0, 0.05) is 24.2 Å². The highest BCUT2D eigenvalue weighted by Gasteiger charge is 2.27. The quantitative estimate of drug-likeness (QED) is 0.515. The number of aromatic nitrogens is 3. The number of carbonyl (C=O) groups is 1. The van der Waals surface area contributed by atoms with E-state index in [9.17, 15) is 4.79 Å². The van der Waals surface area contributed by atoms with E-state index in [1.165, 1.54) is 11.8 Å². The van der Waals surface area contributed by atoms with E-state index in [4.69, 9.17) is 4.74 Å². The third kappa shape index (κ3) is 5.75. The Bertz CT molecular complexity index is 779. The molecule has 0 saturated carbocycles. The van der Waals surface area contributed by atoms with Gasteiger partial charge in [-0.15, -0.1) is 10.2 Å². The Balaban J connectivity index is 2.29. The number of nitrogens with zero attached hydrogens (tertiary/aromatic N) is 4. The van der Waals surface area contributed by atoms with Crippen LogP contribution < -0.4 is 4.74 Å². The number of amides is 1. The summed E-state index contributed by atoms with van der Waals surface area (Å²) in [5.74, 6) is 1.77. The molecule has 29 heavy (non-hydrogen) atoms. The van der Waals surface area contributed by atoms with Gasteiger partial charge in [0.05, 0.1) is 12.4 Å². The number of rotatable bonds is 10. The van der Waals surface area contributed by atoms with E-state index >= 15 is 0 Å². The van der Waals surface area contributed by atoms with Gasteiger partial charge in [-0.1, -0.05) is 25.1 Å². The van der Waals surface area contributed by atoms with E-state index in [-0.39, 0.29) is 23.2 Å². The van der Waals surface area contributed by atoms with Crippen molar-refractivity contribution >= 4 is 17.7 Å². The molecular formula is C22H34N4O2S. The van der Waals surface area contributed by atoms with Gasteiger partial charge in [0.2, 0.25) is 5.91 Å². The standard InChI is InChI=1S/C22H34N4O2S/c1-8-9-14-25-20(18-10-12-19(28-7)13-11-18)23-24-22(25)29-17(6)21(27)26(15(2)3)16(4)5/h10-13,15-17H,8-9,14H2,1-7H3. The fraction of sp³-hybridized carbons (Fsp3) is 0.591. The summed E-state index contributed by atoms with van der Waals surface area (Å²) in [6, 6.07) is 8.17. The lowest BCUT2D eigenvalue weighted by atomic mass is 10.2. The van der Waals surface area contributed by atoms with Crippen LogP contribution in [-0.2, 0) is 11.3 Å². The lowest BCUT2D eigenvalue weighted by Crippen LogP contribution is -2.45. The molecule has 0 aliphatic heterocycles. The lowest BCUT2D eigenvalue weighted by molar-refractivity contribution is -0.133. The maximum Gasteiger partial charge on any atom is 0.236 e. The van der Waals surface area contributed by atoms with E-state index in [0.29, 0.717) is 0 Å². The third-order valence-corrected chi connectivity index (χ3v) is 5.87. The van der Waals surface area contributed by atoms with Crippen molar-refractivity contribution in [1.82, 2.24) is 19.7 Å². The Morgan fingerprint density at radius 2 is 1.72 bits per heavy atom. The third-order valence-electron chi connectivity index (χ3n) is 4.80. The van der Waals surface area contributed by atoms with Crippen LogP contribution in [0.1, 0.15) is 54.4 Å². The number of benzene rings is 1. The molecule has 1 heterocycles. The zero-order valence-electron chi connectivity index (χ0n) is 18.7.